The van der Waals surface area contributed by atoms with E-state index in [1.807, 2.05) is 18.7 Å². The van der Waals surface area contributed by atoms with Crippen molar-refractivity contribution in [1.82, 2.24) is 4.90 Å². The Bertz CT molecular complexity index is 608. The molecule has 1 rings (SSSR count). The monoisotopic (exact) mass is 361 g/mol. The number of allylic oxidation sites excluding steroid dienone is 1. The van der Waals surface area contributed by atoms with E-state index >= 15 is 0 Å². The molecule has 0 unspecified atom stereocenters. The second-order valence-corrected chi connectivity index (χ2v) is 5.52. The molecule has 0 amide bonds. The van der Waals surface area contributed by atoms with E-state index in [-0.39, 0.29) is 5.69 Å². The molecule has 0 saturated heterocycles. The van der Waals surface area contributed by atoms with Crippen LogP contribution >= 0.6 is 0 Å². The van der Waals surface area contributed by atoms with Crippen LogP contribution in [0.4, 0.5) is 23.2 Å². The molecule has 1 aromatic rings. The summed E-state index contributed by atoms with van der Waals surface area (Å²) in [4.78, 5) is 1.91. The molecule has 25 heavy (non-hydrogen) atoms. The maximum absolute atomic E-state index is 13.4. The first-order valence-corrected chi connectivity index (χ1v) is 8.00. The summed E-state index contributed by atoms with van der Waals surface area (Å²) in [6.07, 6.45) is -1.58. The molecule has 0 aliphatic heterocycles. The Morgan fingerprint density at radius 1 is 1.24 bits per heavy atom. The molecule has 2 N–H and O–H groups in total. The lowest BCUT2D eigenvalue weighted by molar-refractivity contribution is -0.275. The van der Waals surface area contributed by atoms with Gasteiger partial charge in [0.2, 0.25) is 0 Å². The second kappa shape index (κ2) is 9.29. The number of ether oxygens (including phenoxy) is 1. The first kappa shape index (κ1) is 20.8. The molecule has 0 aliphatic carbocycles. The van der Waals surface area contributed by atoms with E-state index in [1.165, 1.54) is 6.07 Å². The summed E-state index contributed by atoms with van der Waals surface area (Å²) in [7, 11) is 0. The van der Waals surface area contributed by atoms with Gasteiger partial charge in [-0.1, -0.05) is 13.8 Å². The smallest absolute Gasteiger partial charge is 0.403 e. The van der Waals surface area contributed by atoms with Gasteiger partial charge in [0.25, 0.3) is 0 Å². The van der Waals surface area contributed by atoms with Crippen molar-refractivity contribution in [3.05, 3.63) is 35.8 Å². The van der Waals surface area contributed by atoms with Crippen LogP contribution in [0.15, 0.2) is 30.0 Å². The molecule has 4 nitrogen and oxygen atoms in total. The quantitative estimate of drug-likeness (QED) is 0.383. The van der Waals surface area contributed by atoms with Crippen molar-refractivity contribution >= 4 is 11.5 Å². The lowest BCUT2D eigenvalue weighted by atomic mass is 10.2. The molecule has 0 bridgehead atoms. The van der Waals surface area contributed by atoms with Gasteiger partial charge in [0.1, 0.15) is 5.84 Å². The largest absolute Gasteiger partial charge is 0.573 e. The predicted octanol–water partition coefficient (Wildman–Crippen LogP) is 5.14. The Morgan fingerprint density at radius 3 is 2.36 bits per heavy atom. The molecule has 0 fully saturated rings. The van der Waals surface area contributed by atoms with Gasteiger partial charge in [-0.15, -0.1) is 13.2 Å². The number of benzene rings is 1. The predicted molar refractivity (Wildman–Crippen MR) is 90.3 cm³/mol. The van der Waals surface area contributed by atoms with Crippen molar-refractivity contribution in [2.75, 3.05) is 18.4 Å². The third-order valence-electron chi connectivity index (χ3n) is 3.18. The minimum absolute atomic E-state index is 0.236. The van der Waals surface area contributed by atoms with Gasteiger partial charge in [0.05, 0.1) is 0 Å². The van der Waals surface area contributed by atoms with Gasteiger partial charge in [0.15, 0.2) is 11.6 Å². The number of anilines is 1. The van der Waals surface area contributed by atoms with Crippen LogP contribution in [-0.2, 0) is 0 Å². The standard InChI is InChI=1S/C17H23F4N3O/c1-4-8-24(9-5-2)16(22)10-12(3)23-13-6-7-14(18)15(11-13)25-17(19,20)21/h6-7,10-11,22-23H,4-5,8-9H2,1-3H3/b12-10-,22-16?. The molecule has 140 valence electrons. The SMILES string of the molecule is CCCN(CCC)C(=N)/C=C(/C)Nc1ccc(F)c(OC(F)(F)F)c1. The van der Waals surface area contributed by atoms with E-state index < -0.39 is 17.9 Å². The van der Waals surface area contributed by atoms with Gasteiger partial charge >= 0.3 is 6.36 Å². The summed E-state index contributed by atoms with van der Waals surface area (Å²) >= 11 is 0. The minimum Gasteiger partial charge on any atom is -0.403 e. The topological polar surface area (TPSA) is 48.4 Å². The maximum atomic E-state index is 13.4. The van der Waals surface area contributed by atoms with Gasteiger partial charge in [-0.25, -0.2) is 4.39 Å². The number of nitrogens with zero attached hydrogens (tertiary/aromatic N) is 1. The Hall–Kier alpha value is -2.25. The Kier molecular flexibility index (Phi) is 7.73. The lowest BCUT2D eigenvalue weighted by Crippen LogP contribution is -2.31. The van der Waals surface area contributed by atoms with Gasteiger partial charge in [-0.3, -0.25) is 5.41 Å². The first-order chi connectivity index (χ1) is 11.7. The van der Waals surface area contributed by atoms with E-state index in [4.69, 9.17) is 5.41 Å². The van der Waals surface area contributed by atoms with Crippen LogP contribution in [0, 0.1) is 11.2 Å². The number of hydrogen-bond acceptors (Lipinski definition) is 3. The zero-order valence-electron chi connectivity index (χ0n) is 14.5. The van der Waals surface area contributed by atoms with Crippen LogP contribution < -0.4 is 10.1 Å². The van der Waals surface area contributed by atoms with Crippen LogP contribution in [0.2, 0.25) is 0 Å². The number of nitrogens with one attached hydrogen (secondary N) is 2. The molecule has 0 spiro atoms. The first-order valence-electron chi connectivity index (χ1n) is 8.00. The summed E-state index contributed by atoms with van der Waals surface area (Å²) < 4.78 is 53.9. The summed E-state index contributed by atoms with van der Waals surface area (Å²) in [5.74, 6) is -1.70. The minimum atomic E-state index is -4.97. The zero-order chi connectivity index (χ0) is 19.0. The Balaban J connectivity index is 2.86. The van der Waals surface area contributed by atoms with E-state index in [0.717, 1.165) is 38.1 Å². The lowest BCUT2D eigenvalue weighted by Gasteiger charge is -2.22. The van der Waals surface area contributed by atoms with Gasteiger partial charge in [-0.05, 0) is 38.0 Å². The van der Waals surface area contributed by atoms with Crippen LogP contribution in [0.3, 0.4) is 0 Å². The fourth-order valence-electron chi connectivity index (χ4n) is 2.24. The van der Waals surface area contributed by atoms with Gasteiger partial charge in [-0.2, -0.15) is 0 Å². The molecular weight excluding hydrogens is 338 g/mol. The molecular formula is C17H23F4N3O. The van der Waals surface area contributed by atoms with E-state index in [1.54, 1.807) is 13.0 Å². The summed E-state index contributed by atoms with van der Waals surface area (Å²) in [5.41, 5.74) is 0.784. The number of alkyl halides is 3. The number of hydrogen-bond donors (Lipinski definition) is 2. The highest BCUT2D eigenvalue weighted by Gasteiger charge is 2.32. The molecule has 0 atom stereocenters. The van der Waals surface area contributed by atoms with Crippen molar-refractivity contribution < 1.29 is 22.3 Å². The zero-order valence-corrected chi connectivity index (χ0v) is 14.5. The van der Waals surface area contributed by atoms with Crippen molar-refractivity contribution in [3.8, 4) is 5.75 Å². The van der Waals surface area contributed by atoms with Crippen LogP contribution in [0.1, 0.15) is 33.6 Å². The molecule has 0 saturated carbocycles. The molecule has 0 aliphatic rings. The summed E-state index contributed by atoms with van der Waals surface area (Å²) in [6, 6.07) is 3.12. The highest BCUT2D eigenvalue weighted by molar-refractivity contribution is 5.91. The van der Waals surface area contributed by atoms with Gasteiger partial charge in [0, 0.05) is 30.5 Å². The maximum Gasteiger partial charge on any atom is 0.573 e. The highest BCUT2D eigenvalue weighted by atomic mass is 19.4. The van der Waals surface area contributed by atoms with Crippen molar-refractivity contribution in [2.45, 2.75) is 40.0 Å². The van der Waals surface area contributed by atoms with E-state index in [9.17, 15) is 17.6 Å². The van der Waals surface area contributed by atoms with Crippen LogP contribution in [0.25, 0.3) is 0 Å². The number of amidine groups is 1. The molecule has 0 heterocycles. The fourth-order valence-corrected chi connectivity index (χ4v) is 2.24. The average Bonchev–Trinajstić information content (AvgIpc) is 2.49. The third-order valence-corrected chi connectivity index (χ3v) is 3.18. The van der Waals surface area contributed by atoms with Crippen LogP contribution in [-0.4, -0.2) is 30.2 Å². The molecule has 0 aromatic heterocycles. The van der Waals surface area contributed by atoms with E-state index in [2.05, 4.69) is 10.1 Å². The molecule has 8 heteroatoms. The summed E-state index contributed by atoms with van der Waals surface area (Å²) in [6.45, 7) is 7.21. The highest BCUT2D eigenvalue weighted by Crippen LogP contribution is 2.28. The summed E-state index contributed by atoms with van der Waals surface area (Å²) in [5, 5.41) is 11.0. The Labute approximate surface area is 145 Å². The third kappa shape index (κ3) is 7.45. The van der Waals surface area contributed by atoms with Crippen LogP contribution in [0.5, 0.6) is 5.75 Å². The fraction of sp³-hybridized carbons (Fsp3) is 0.471. The molecule has 0 radical (unpaired) electrons. The van der Waals surface area contributed by atoms with Gasteiger partial charge < -0.3 is 15.0 Å². The number of rotatable bonds is 8. The van der Waals surface area contributed by atoms with Crippen molar-refractivity contribution in [1.29, 1.82) is 5.41 Å². The molecule has 1 aromatic carbocycles. The van der Waals surface area contributed by atoms with Crippen molar-refractivity contribution in [2.24, 2.45) is 0 Å². The average molecular weight is 361 g/mol. The van der Waals surface area contributed by atoms with E-state index in [0.29, 0.717) is 11.5 Å². The van der Waals surface area contributed by atoms with Crippen molar-refractivity contribution in [3.63, 3.8) is 0 Å². The Morgan fingerprint density at radius 2 is 1.84 bits per heavy atom. The number of halogens is 4. The second-order valence-electron chi connectivity index (χ2n) is 5.52. The normalized spacial score (nSPS) is 12.0.